The van der Waals surface area contributed by atoms with Crippen molar-refractivity contribution in [3.8, 4) is 0 Å². The molecule has 2 heteroatoms. The number of aryl methyl sites for hydroxylation is 1. The molecular formula is C17H26N2. The summed E-state index contributed by atoms with van der Waals surface area (Å²) in [6.07, 6.45) is 5.17. The van der Waals surface area contributed by atoms with E-state index in [4.69, 9.17) is 0 Å². The standard InChI is InChI=1S/C17H26N2/c1-17(9-11-19(2)12-10-17)13-18-16-8-7-14-5-3-4-6-15(14)16/h3-6,16,18H,7-13H2,1-2H3. The zero-order valence-electron chi connectivity index (χ0n) is 12.3. The van der Waals surface area contributed by atoms with Crippen LogP contribution < -0.4 is 5.32 Å². The molecule has 3 rings (SSSR count). The van der Waals surface area contributed by atoms with Crippen LogP contribution in [0, 0.1) is 5.41 Å². The Morgan fingerprint density at radius 3 is 2.79 bits per heavy atom. The third kappa shape index (κ3) is 2.85. The predicted octanol–water partition coefficient (Wildman–Crippen LogP) is 3.00. The van der Waals surface area contributed by atoms with Crippen molar-refractivity contribution in [1.82, 2.24) is 10.2 Å². The van der Waals surface area contributed by atoms with Gasteiger partial charge in [0.25, 0.3) is 0 Å². The Balaban J connectivity index is 1.59. The lowest BCUT2D eigenvalue weighted by Crippen LogP contribution is -2.42. The maximum atomic E-state index is 3.84. The van der Waals surface area contributed by atoms with Crippen molar-refractivity contribution in [2.24, 2.45) is 5.41 Å². The highest BCUT2D eigenvalue weighted by Crippen LogP contribution is 2.34. The predicted molar refractivity (Wildman–Crippen MR) is 80.3 cm³/mol. The molecule has 0 saturated carbocycles. The molecule has 0 amide bonds. The second kappa shape index (κ2) is 5.26. The Labute approximate surface area is 117 Å². The Bertz CT molecular complexity index is 433. The van der Waals surface area contributed by atoms with Gasteiger partial charge in [0.05, 0.1) is 0 Å². The summed E-state index contributed by atoms with van der Waals surface area (Å²) in [6.45, 7) is 6.12. The van der Waals surface area contributed by atoms with Crippen LogP contribution >= 0.6 is 0 Å². The van der Waals surface area contributed by atoms with Gasteiger partial charge in [0.2, 0.25) is 0 Å². The molecule has 0 spiro atoms. The van der Waals surface area contributed by atoms with Crippen molar-refractivity contribution in [2.75, 3.05) is 26.7 Å². The van der Waals surface area contributed by atoms with Gasteiger partial charge in [-0.15, -0.1) is 0 Å². The molecule has 2 aliphatic rings. The third-order valence-electron chi connectivity index (χ3n) is 5.10. The first-order valence-electron chi connectivity index (χ1n) is 7.66. The van der Waals surface area contributed by atoms with E-state index in [-0.39, 0.29) is 0 Å². The van der Waals surface area contributed by atoms with Crippen molar-refractivity contribution in [3.63, 3.8) is 0 Å². The lowest BCUT2D eigenvalue weighted by atomic mass is 9.80. The zero-order valence-corrected chi connectivity index (χ0v) is 12.3. The van der Waals surface area contributed by atoms with Gasteiger partial charge in [0.15, 0.2) is 0 Å². The van der Waals surface area contributed by atoms with Crippen LogP contribution in [0.15, 0.2) is 24.3 Å². The molecule has 104 valence electrons. The van der Waals surface area contributed by atoms with Crippen LogP contribution in [0.2, 0.25) is 0 Å². The molecule has 1 atom stereocenters. The second-order valence-corrected chi connectivity index (χ2v) is 6.78. The average molecular weight is 258 g/mol. The summed E-state index contributed by atoms with van der Waals surface area (Å²) < 4.78 is 0. The smallest absolute Gasteiger partial charge is 0.0326 e. The van der Waals surface area contributed by atoms with Gasteiger partial charge in [0, 0.05) is 12.6 Å². The summed E-state index contributed by atoms with van der Waals surface area (Å²) in [5, 5.41) is 3.84. The topological polar surface area (TPSA) is 15.3 Å². The van der Waals surface area contributed by atoms with Crippen molar-refractivity contribution in [1.29, 1.82) is 0 Å². The Hall–Kier alpha value is -0.860. The van der Waals surface area contributed by atoms with E-state index >= 15 is 0 Å². The number of benzene rings is 1. The number of fused-ring (bicyclic) bond motifs is 1. The van der Waals surface area contributed by atoms with E-state index < -0.39 is 0 Å². The summed E-state index contributed by atoms with van der Waals surface area (Å²) in [5.41, 5.74) is 3.58. The maximum Gasteiger partial charge on any atom is 0.0326 e. The fourth-order valence-corrected chi connectivity index (χ4v) is 3.47. The van der Waals surface area contributed by atoms with E-state index in [1.807, 2.05) is 0 Å². The van der Waals surface area contributed by atoms with Gasteiger partial charge in [0.1, 0.15) is 0 Å². The zero-order chi connectivity index (χ0) is 13.3. The molecule has 1 aliphatic carbocycles. The van der Waals surface area contributed by atoms with Crippen LogP contribution in [-0.2, 0) is 6.42 Å². The molecule has 19 heavy (non-hydrogen) atoms. The van der Waals surface area contributed by atoms with Gasteiger partial charge in [-0.25, -0.2) is 0 Å². The van der Waals surface area contributed by atoms with E-state index in [0.29, 0.717) is 11.5 Å². The van der Waals surface area contributed by atoms with E-state index in [1.54, 1.807) is 11.1 Å². The highest BCUT2D eigenvalue weighted by atomic mass is 15.1. The van der Waals surface area contributed by atoms with Crippen LogP contribution in [0.5, 0.6) is 0 Å². The normalized spacial score (nSPS) is 26.3. The summed E-state index contributed by atoms with van der Waals surface area (Å²) in [6, 6.07) is 9.52. The lowest BCUT2D eigenvalue weighted by Gasteiger charge is -2.38. The first-order valence-corrected chi connectivity index (χ1v) is 7.66. The van der Waals surface area contributed by atoms with Crippen LogP contribution in [0.25, 0.3) is 0 Å². The number of rotatable bonds is 3. The van der Waals surface area contributed by atoms with Crippen molar-refractivity contribution >= 4 is 0 Å². The molecule has 1 aliphatic heterocycles. The summed E-state index contributed by atoms with van der Waals surface area (Å²) in [4.78, 5) is 2.45. The Morgan fingerprint density at radius 2 is 2.00 bits per heavy atom. The van der Waals surface area contributed by atoms with Crippen molar-refractivity contribution in [3.05, 3.63) is 35.4 Å². The molecule has 0 radical (unpaired) electrons. The fraction of sp³-hybridized carbons (Fsp3) is 0.647. The summed E-state index contributed by atoms with van der Waals surface area (Å²) in [5.74, 6) is 0. The van der Waals surface area contributed by atoms with Crippen LogP contribution in [-0.4, -0.2) is 31.6 Å². The van der Waals surface area contributed by atoms with E-state index in [9.17, 15) is 0 Å². The molecule has 1 saturated heterocycles. The van der Waals surface area contributed by atoms with Gasteiger partial charge >= 0.3 is 0 Å². The highest BCUT2D eigenvalue weighted by molar-refractivity contribution is 5.34. The molecule has 1 aromatic rings. The summed E-state index contributed by atoms with van der Waals surface area (Å²) >= 11 is 0. The molecule has 0 aromatic heterocycles. The largest absolute Gasteiger partial charge is 0.309 e. The van der Waals surface area contributed by atoms with Crippen LogP contribution in [0.3, 0.4) is 0 Å². The maximum absolute atomic E-state index is 3.84. The van der Waals surface area contributed by atoms with E-state index in [2.05, 4.69) is 48.5 Å². The number of nitrogens with zero attached hydrogens (tertiary/aromatic N) is 1. The first-order chi connectivity index (χ1) is 9.16. The summed E-state index contributed by atoms with van der Waals surface area (Å²) in [7, 11) is 2.24. The number of piperidine rings is 1. The van der Waals surface area contributed by atoms with Gasteiger partial charge in [-0.2, -0.15) is 0 Å². The average Bonchev–Trinajstić information content (AvgIpc) is 2.84. The van der Waals surface area contributed by atoms with Gasteiger partial charge in [-0.3, -0.25) is 0 Å². The van der Waals surface area contributed by atoms with Crippen LogP contribution in [0.1, 0.15) is 43.4 Å². The molecule has 1 aromatic carbocycles. The molecule has 1 N–H and O–H groups in total. The van der Waals surface area contributed by atoms with E-state index in [0.717, 1.165) is 0 Å². The molecular weight excluding hydrogens is 232 g/mol. The molecule has 0 bridgehead atoms. The fourth-order valence-electron chi connectivity index (χ4n) is 3.47. The highest BCUT2D eigenvalue weighted by Gasteiger charge is 2.30. The van der Waals surface area contributed by atoms with Gasteiger partial charge in [-0.05, 0) is 62.4 Å². The van der Waals surface area contributed by atoms with Crippen LogP contribution in [0.4, 0.5) is 0 Å². The molecule has 1 heterocycles. The van der Waals surface area contributed by atoms with Gasteiger partial charge < -0.3 is 10.2 Å². The van der Waals surface area contributed by atoms with Crippen molar-refractivity contribution in [2.45, 2.75) is 38.6 Å². The number of likely N-dealkylation sites (tertiary alicyclic amines) is 1. The van der Waals surface area contributed by atoms with Gasteiger partial charge in [-0.1, -0.05) is 31.2 Å². The second-order valence-electron chi connectivity index (χ2n) is 6.78. The number of hydrogen-bond acceptors (Lipinski definition) is 2. The van der Waals surface area contributed by atoms with Crippen molar-refractivity contribution < 1.29 is 0 Å². The Kier molecular flexibility index (Phi) is 3.64. The quantitative estimate of drug-likeness (QED) is 0.896. The lowest BCUT2D eigenvalue weighted by molar-refractivity contribution is 0.133. The van der Waals surface area contributed by atoms with E-state index in [1.165, 1.54) is 45.3 Å². The first kappa shape index (κ1) is 13.1. The minimum absolute atomic E-state index is 0.490. The minimum atomic E-state index is 0.490. The minimum Gasteiger partial charge on any atom is -0.309 e. The SMILES string of the molecule is CN1CCC(C)(CNC2CCc3ccccc32)CC1. The Morgan fingerprint density at radius 1 is 1.26 bits per heavy atom. The number of hydrogen-bond donors (Lipinski definition) is 1. The number of nitrogens with one attached hydrogen (secondary N) is 1. The molecule has 2 nitrogen and oxygen atoms in total. The molecule has 1 fully saturated rings. The third-order valence-corrected chi connectivity index (χ3v) is 5.10. The molecule has 1 unspecified atom stereocenters. The monoisotopic (exact) mass is 258 g/mol.